The van der Waals surface area contributed by atoms with Gasteiger partial charge in [-0.05, 0) is 86.2 Å². The summed E-state index contributed by atoms with van der Waals surface area (Å²) in [4.78, 5) is 44.0. The molecule has 274 valence electrons. The molecule has 2 bridgehead atoms. The van der Waals surface area contributed by atoms with E-state index in [0.29, 0.717) is 83.2 Å². The average molecular weight is 701 g/mol. The van der Waals surface area contributed by atoms with E-state index in [2.05, 4.69) is 48.3 Å². The lowest BCUT2D eigenvalue weighted by Gasteiger charge is -2.61. The molecule has 3 aliphatic carbocycles. The minimum Gasteiger partial charge on any atom is -0.497 e. The van der Waals surface area contributed by atoms with Crippen molar-refractivity contribution in [1.29, 1.82) is 0 Å². The number of methoxy groups -OCH3 is 1. The number of carbonyl (C=O) groups is 1. The Balaban J connectivity index is 1.21. The summed E-state index contributed by atoms with van der Waals surface area (Å²) in [7, 11) is 3.63. The van der Waals surface area contributed by atoms with Crippen molar-refractivity contribution in [3.8, 4) is 5.75 Å². The van der Waals surface area contributed by atoms with Gasteiger partial charge in [-0.25, -0.2) is 14.4 Å². The number of aryl methyl sites for hydroxylation is 1. The van der Waals surface area contributed by atoms with Gasteiger partial charge in [-0.15, -0.1) is 0 Å². The van der Waals surface area contributed by atoms with Crippen LogP contribution < -0.4 is 20.9 Å². The zero-order valence-electron chi connectivity index (χ0n) is 30.9. The Kier molecular flexibility index (Phi) is 9.84. The number of piperazine rings is 2. The molecule has 3 saturated carbocycles. The lowest BCUT2D eigenvalue weighted by atomic mass is 9.45. The van der Waals surface area contributed by atoms with Crippen molar-refractivity contribution in [3.63, 3.8) is 0 Å². The molecule has 2 aliphatic heterocycles. The van der Waals surface area contributed by atoms with E-state index in [-0.39, 0.29) is 35.9 Å². The monoisotopic (exact) mass is 700 g/mol. The topological polar surface area (TPSA) is 107 Å². The van der Waals surface area contributed by atoms with Gasteiger partial charge in [0.25, 0.3) is 5.56 Å². The van der Waals surface area contributed by atoms with E-state index < -0.39 is 0 Å². The van der Waals surface area contributed by atoms with Crippen LogP contribution in [0.25, 0.3) is 10.9 Å². The summed E-state index contributed by atoms with van der Waals surface area (Å²) in [5, 5.41) is 7.12. The summed E-state index contributed by atoms with van der Waals surface area (Å²) in [6, 6.07) is 10.6. The first kappa shape index (κ1) is 35.4. The van der Waals surface area contributed by atoms with Crippen LogP contribution in [0, 0.1) is 29.0 Å². The minimum absolute atomic E-state index is 0.00498. The Morgan fingerprint density at radius 2 is 1.88 bits per heavy atom. The number of likely N-dealkylation sites (N-methyl/N-ethyl adjacent to an activating group) is 1. The number of carbonyl (C=O) groups excluding carboxylic acids is 1. The summed E-state index contributed by atoms with van der Waals surface area (Å²) in [6.07, 6.45) is 2.66. The Hall–Kier alpha value is -4.03. The molecule has 2 aromatic carbocycles. The van der Waals surface area contributed by atoms with Gasteiger partial charge in [0.1, 0.15) is 17.4 Å². The summed E-state index contributed by atoms with van der Waals surface area (Å²) in [5.74, 6) is 3.18. The number of guanidine groups is 1. The van der Waals surface area contributed by atoms with Gasteiger partial charge in [-0.2, -0.15) is 0 Å². The third-order valence-corrected chi connectivity index (χ3v) is 12.3. The average Bonchev–Trinajstić information content (AvgIpc) is 3.09. The van der Waals surface area contributed by atoms with Crippen molar-refractivity contribution in [2.24, 2.45) is 28.2 Å². The van der Waals surface area contributed by atoms with Crippen LogP contribution in [0.5, 0.6) is 5.75 Å². The molecule has 3 heterocycles. The van der Waals surface area contributed by atoms with Crippen molar-refractivity contribution in [3.05, 3.63) is 64.0 Å². The van der Waals surface area contributed by atoms with Gasteiger partial charge < -0.3 is 25.2 Å². The van der Waals surface area contributed by atoms with Crippen LogP contribution in [0.2, 0.25) is 0 Å². The van der Waals surface area contributed by atoms with Gasteiger partial charge in [0.2, 0.25) is 5.91 Å². The molecule has 5 atom stereocenters. The number of hydrogen-bond donors (Lipinski definition) is 2. The molecular weight excluding hydrogens is 647 g/mol. The van der Waals surface area contributed by atoms with Crippen LogP contribution in [0.4, 0.5) is 10.1 Å². The fourth-order valence-corrected chi connectivity index (χ4v) is 8.86. The number of aromatic nitrogens is 2. The number of aliphatic imine (C=N–C) groups is 1. The highest BCUT2D eigenvalue weighted by Gasteiger charge is 2.56. The fourth-order valence-electron chi connectivity index (χ4n) is 8.86. The van der Waals surface area contributed by atoms with Gasteiger partial charge >= 0.3 is 0 Å². The lowest BCUT2D eigenvalue weighted by molar-refractivity contribution is -0.124. The predicted molar refractivity (Wildman–Crippen MR) is 199 cm³/mol. The first-order valence-electron chi connectivity index (χ1n) is 18.6. The van der Waals surface area contributed by atoms with Crippen LogP contribution in [0.1, 0.15) is 51.9 Å². The smallest absolute Gasteiger partial charge is 0.261 e. The van der Waals surface area contributed by atoms with Gasteiger partial charge in [-0.3, -0.25) is 19.1 Å². The highest BCUT2D eigenvalue weighted by Crippen LogP contribution is 2.61. The van der Waals surface area contributed by atoms with Crippen molar-refractivity contribution >= 4 is 28.5 Å². The van der Waals surface area contributed by atoms with Crippen molar-refractivity contribution in [1.82, 2.24) is 29.6 Å². The zero-order valence-corrected chi connectivity index (χ0v) is 30.9. The van der Waals surface area contributed by atoms with Crippen LogP contribution >= 0.6 is 0 Å². The third kappa shape index (κ3) is 7.22. The molecule has 2 N–H and O–H groups in total. The highest BCUT2D eigenvalue weighted by atomic mass is 19.1. The van der Waals surface area contributed by atoms with Gasteiger partial charge in [0, 0.05) is 57.1 Å². The number of amides is 1. The summed E-state index contributed by atoms with van der Waals surface area (Å²) in [6.45, 7) is 14.5. The Bertz CT molecular complexity index is 1870. The molecule has 1 amide bonds. The van der Waals surface area contributed by atoms with Crippen LogP contribution in [0.3, 0.4) is 0 Å². The second-order valence-corrected chi connectivity index (χ2v) is 16.0. The number of ether oxygens (including phenoxy) is 1. The summed E-state index contributed by atoms with van der Waals surface area (Å²) < 4.78 is 21.8. The van der Waals surface area contributed by atoms with E-state index in [1.54, 1.807) is 16.7 Å². The number of fused-ring (bicyclic) bond motifs is 3. The van der Waals surface area contributed by atoms with E-state index >= 15 is 0 Å². The van der Waals surface area contributed by atoms with E-state index in [1.165, 1.54) is 19.6 Å². The first-order valence-corrected chi connectivity index (χ1v) is 18.6. The number of benzene rings is 2. The molecule has 12 heteroatoms. The molecule has 1 aromatic heterocycles. The SMILES string of the molecule is COc1ccc(CCn2c(CN3CCN(C)CC3)nc3cc(NC(=NC4C[C@@H]5C[C@H]([C@@H]4C)C5(C)C)N4CC(=O)N[C@@H](C)C4)ccc3c2=O)c(F)c1. The minimum atomic E-state index is -0.353. The molecule has 8 rings (SSSR count). The van der Waals surface area contributed by atoms with Crippen molar-refractivity contribution in [2.75, 3.05) is 58.7 Å². The molecule has 2 saturated heterocycles. The summed E-state index contributed by atoms with van der Waals surface area (Å²) in [5.41, 5.74) is 2.09. The Morgan fingerprint density at radius 3 is 2.57 bits per heavy atom. The third-order valence-electron chi connectivity index (χ3n) is 12.3. The number of hydrogen-bond acceptors (Lipinski definition) is 7. The molecule has 3 aromatic rings. The lowest BCUT2D eigenvalue weighted by Crippen LogP contribution is -2.58. The van der Waals surface area contributed by atoms with Gasteiger partial charge in [0.15, 0.2) is 5.96 Å². The maximum atomic E-state index is 14.9. The van der Waals surface area contributed by atoms with Gasteiger partial charge in [-0.1, -0.05) is 26.8 Å². The molecule has 0 spiro atoms. The number of anilines is 1. The van der Waals surface area contributed by atoms with E-state index in [9.17, 15) is 14.0 Å². The van der Waals surface area contributed by atoms with Crippen molar-refractivity contribution < 1.29 is 13.9 Å². The second kappa shape index (κ2) is 14.2. The molecule has 11 nitrogen and oxygen atoms in total. The number of rotatable bonds is 8. The first-order chi connectivity index (χ1) is 24.4. The Labute approximate surface area is 300 Å². The largest absolute Gasteiger partial charge is 0.497 e. The van der Waals surface area contributed by atoms with Crippen LogP contribution in [-0.4, -0.2) is 102 Å². The molecule has 0 radical (unpaired) electrons. The molecule has 5 fully saturated rings. The standard InChI is InChI=1S/C39H53FN8O3/c1-24-21-47(23-36(49)41-24)38(44-33-18-27-17-31(25(33)2)39(27,3)4)42-28-8-10-30-34(19-28)43-35(22-46-15-13-45(5)14-16-46)48(37(30)50)12-11-26-7-9-29(51-6)20-32(26)40/h7-10,19-20,24-25,27,31,33H,11-18,21-23H2,1-6H3,(H,41,49)(H,42,44)/t24-,25-,27-,31+,33?/m0/s1. The highest BCUT2D eigenvalue weighted by molar-refractivity contribution is 5.98. The van der Waals surface area contributed by atoms with E-state index in [4.69, 9.17) is 14.7 Å². The molecular formula is C39H53FN8O3. The number of nitrogens with zero attached hydrogens (tertiary/aromatic N) is 6. The van der Waals surface area contributed by atoms with E-state index in [0.717, 1.165) is 38.3 Å². The second-order valence-electron chi connectivity index (χ2n) is 16.0. The zero-order chi connectivity index (χ0) is 36.0. The van der Waals surface area contributed by atoms with Crippen LogP contribution in [0.15, 0.2) is 46.2 Å². The van der Waals surface area contributed by atoms with Gasteiger partial charge in [0.05, 0.1) is 37.1 Å². The molecule has 51 heavy (non-hydrogen) atoms. The number of nitrogens with one attached hydrogen (secondary N) is 2. The predicted octanol–water partition coefficient (Wildman–Crippen LogP) is 4.19. The molecule has 1 unspecified atom stereocenters. The van der Waals surface area contributed by atoms with Crippen LogP contribution in [-0.2, 0) is 24.3 Å². The molecule has 5 aliphatic rings. The quantitative estimate of drug-likeness (QED) is 0.266. The van der Waals surface area contributed by atoms with E-state index in [1.807, 2.05) is 30.0 Å². The maximum absolute atomic E-state index is 14.9. The normalized spacial score (nSPS) is 26.9. The maximum Gasteiger partial charge on any atom is 0.261 e. The summed E-state index contributed by atoms with van der Waals surface area (Å²) >= 11 is 0. The Morgan fingerprint density at radius 1 is 1.10 bits per heavy atom. The fraction of sp³-hybridized carbons (Fsp3) is 0.590. The van der Waals surface area contributed by atoms with Crippen molar-refractivity contribution in [2.45, 2.75) is 72.1 Å². The number of halogens is 1.